The van der Waals surface area contributed by atoms with E-state index in [2.05, 4.69) is 27.2 Å². The predicted molar refractivity (Wildman–Crippen MR) is 82.7 cm³/mol. The molecule has 108 valence electrons. The van der Waals surface area contributed by atoms with Gasteiger partial charge in [-0.3, -0.25) is 0 Å². The third-order valence-electron chi connectivity index (χ3n) is 3.57. The molecule has 0 atom stereocenters. The van der Waals surface area contributed by atoms with Gasteiger partial charge >= 0.3 is 0 Å². The van der Waals surface area contributed by atoms with Crippen LogP contribution in [0.2, 0.25) is 0 Å². The van der Waals surface area contributed by atoms with E-state index in [1.54, 1.807) is 11.3 Å². The lowest BCUT2D eigenvalue weighted by atomic mass is 10.1. The molecule has 0 unspecified atom stereocenters. The number of ether oxygens (including phenoxy) is 1. The van der Waals surface area contributed by atoms with Crippen LogP contribution < -0.4 is 10.1 Å². The number of hydrogen-bond donors (Lipinski definition) is 1. The summed E-state index contributed by atoms with van der Waals surface area (Å²) in [5, 5.41) is 6.23. The van der Waals surface area contributed by atoms with E-state index in [1.807, 2.05) is 18.4 Å². The number of piperidine rings is 1. The van der Waals surface area contributed by atoms with Crippen molar-refractivity contribution in [2.75, 3.05) is 32.0 Å². The average molecular weight is 292 g/mol. The fourth-order valence-corrected chi connectivity index (χ4v) is 3.17. The summed E-state index contributed by atoms with van der Waals surface area (Å²) in [5.41, 5.74) is 0. The molecule has 0 aromatic carbocycles. The van der Waals surface area contributed by atoms with Crippen molar-refractivity contribution < 1.29 is 4.74 Å². The number of thiophene rings is 1. The SMILES string of the molecule is CCNc1nc(OC2CCN(C)CC2)c2ccsc2n1. The maximum absolute atomic E-state index is 6.15. The number of nitrogens with zero attached hydrogens (tertiary/aromatic N) is 3. The fourth-order valence-electron chi connectivity index (χ4n) is 2.42. The normalized spacial score (nSPS) is 17.5. The molecule has 0 spiro atoms. The Morgan fingerprint density at radius 3 is 2.95 bits per heavy atom. The molecular formula is C14H20N4OS. The molecule has 1 fully saturated rings. The molecule has 1 aliphatic heterocycles. The first-order valence-corrected chi connectivity index (χ1v) is 7.98. The van der Waals surface area contributed by atoms with Crippen molar-refractivity contribution in [3.63, 3.8) is 0 Å². The van der Waals surface area contributed by atoms with Crippen LogP contribution in [-0.4, -0.2) is 47.7 Å². The second kappa shape index (κ2) is 5.93. The predicted octanol–water partition coefficient (Wildman–Crippen LogP) is 2.60. The maximum Gasteiger partial charge on any atom is 0.227 e. The third-order valence-corrected chi connectivity index (χ3v) is 4.38. The van der Waals surface area contributed by atoms with Gasteiger partial charge in [0.05, 0.1) is 5.39 Å². The topological polar surface area (TPSA) is 50.3 Å². The zero-order chi connectivity index (χ0) is 13.9. The van der Waals surface area contributed by atoms with Crippen molar-refractivity contribution in [1.82, 2.24) is 14.9 Å². The second-order valence-electron chi connectivity index (χ2n) is 5.14. The van der Waals surface area contributed by atoms with E-state index in [1.165, 1.54) is 0 Å². The van der Waals surface area contributed by atoms with Crippen molar-refractivity contribution >= 4 is 27.5 Å². The smallest absolute Gasteiger partial charge is 0.227 e. The number of nitrogens with one attached hydrogen (secondary N) is 1. The van der Waals surface area contributed by atoms with E-state index in [9.17, 15) is 0 Å². The zero-order valence-corrected chi connectivity index (χ0v) is 12.7. The molecular weight excluding hydrogens is 272 g/mol. The zero-order valence-electron chi connectivity index (χ0n) is 11.9. The Morgan fingerprint density at radius 1 is 1.40 bits per heavy atom. The van der Waals surface area contributed by atoms with Crippen molar-refractivity contribution in [3.8, 4) is 5.88 Å². The van der Waals surface area contributed by atoms with Gasteiger partial charge in [-0.25, -0.2) is 4.98 Å². The first kappa shape index (κ1) is 13.6. The van der Waals surface area contributed by atoms with Gasteiger partial charge in [0, 0.05) is 19.6 Å². The van der Waals surface area contributed by atoms with E-state index in [4.69, 9.17) is 4.74 Å². The van der Waals surface area contributed by atoms with Crippen molar-refractivity contribution in [1.29, 1.82) is 0 Å². The van der Waals surface area contributed by atoms with Gasteiger partial charge in [0.15, 0.2) is 0 Å². The molecule has 1 saturated heterocycles. The lowest BCUT2D eigenvalue weighted by Crippen LogP contribution is -2.35. The molecule has 5 nitrogen and oxygen atoms in total. The van der Waals surface area contributed by atoms with Crippen LogP contribution in [0.25, 0.3) is 10.2 Å². The first-order chi connectivity index (χ1) is 9.76. The summed E-state index contributed by atoms with van der Waals surface area (Å²) < 4.78 is 6.15. The Kier molecular flexibility index (Phi) is 4.03. The molecule has 6 heteroatoms. The van der Waals surface area contributed by atoms with Gasteiger partial charge in [-0.2, -0.15) is 4.98 Å². The minimum absolute atomic E-state index is 0.263. The maximum atomic E-state index is 6.15. The van der Waals surface area contributed by atoms with Crippen LogP contribution in [-0.2, 0) is 0 Å². The van der Waals surface area contributed by atoms with Crippen LogP contribution in [0.5, 0.6) is 5.88 Å². The molecule has 3 rings (SSSR count). The van der Waals surface area contributed by atoms with Crippen LogP contribution in [0.1, 0.15) is 19.8 Å². The van der Waals surface area contributed by atoms with E-state index in [0.29, 0.717) is 5.95 Å². The number of anilines is 1. The Balaban J connectivity index is 1.83. The minimum atomic E-state index is 0.263. The quantitative estimate of drug-likeness (QED) is 0.938. The fraction of sp³-hybridized carbons (Fsp3) is 0.571. The molecule has 0 aliphatic carbocycles. The van der Waals surface area contributed by atoms with Crippen LogP contribution in [0, 0.1) is 0 Å². The molecule has 3 heterocycles. The number of likely N-dealkylation sites (tertiary alicyclic amines) is 1. The Labute approximate surface area is 123 Å². The van der Waals surface area contributed by atoms with E-state index in [-0.39, 0.29) is 6.10 Å². The number of hydrogen-bond acceptors (Lipinski definition) is 6. The van der Waals surface area contributed by atoms with Gasteiger partial charge in [-0.15, -0.1) is 11.3 Å². The van der Waals surface area contributed by atoms with Gasteiger partial charge in [0.1, 0.15) is 10.9 Å². The van der Waals surface area contributed by atoms with Gasteiger partial charge in [0.25, 0.3) is 0 Å². The monoisotopic (exact) mass is 292 g/mol. The Hall–Kier alpha value is -1.40. The van der Waals surface area contributed by atoms with Gasteiger partial charge in [-0.05, 0) is 38.3 Å². The summed E-state index contributed by atoms with van der Waals surface area (Å²) in [4.78, 5) is 12.3. The van der Waals surface area contributed by atoms with Gasteiger partial charge in [0.2, 0.25) is 11.8 Å². The lowest BCUT2D eigenvalue weighted by Gasteiger charge is -2.29. The average Bonchev–Trinajstić information content (AvgIpc) is 2.90. The highest BCUT2D eigenvalue weighted by atomic mass is 32.1. The molecule has 0 radical (unpaired) electrons. The summed E-state index contributed by atoms with van der Waals surface area (Å²) in [7, 11) is 2.15. The molecule has 0 amide bonds. The first-order valence-electron chi connectivity index (χ1n) is 7.10. The van der Waals surface area contributed by atoms with Crippen molar-refractivity contribution in [2.45, 2.75) is 25.9 Å². The van der Waals surface area contributed by atoms with E-state index < -0.39 is 0 Å². The summed E-state index contributed by atoms with van der Waals surface area (Å²) in [6.45, 7) is 5.02. The van der Waals surface area contributed by atoms with Crippen LogP contribution in [0.4, 0.5) is 5.95 Å². The molecule has 0 bridgehead atoms. The molecule has 2 aromatic heterocycles. The van der Waals surface area contributed by atoms with Crippen molar-refractivity contribution in [3.05, 3.63) is 11.4 Å². The summed E-state index contributed by atoms with van der Waals surface area (Å²) in [6, 6.07) is 2.04. The summed E-state index contributed by atoms with van der Waals surface area (Å²) >= 11 is 1.62. The highest BCUT2D eigenvalue weighted by molar-refractivity contribution is 7.16. The summed E-state index contributed by atoms with van der Waals surface area (Å²) in [5.74, 6) is 1.38. The highest BCUT2D eigenvalue weighted by Gasteiger charge is 2.20. The van der Waals surface area contributed by atoms with Gasteiger partial charge in [-0.1, -0.05) is 0 Å². The van der Waals surface area contributed by atoms with Gasteiger partial charge < -0.3 is 15.0 Å². The van der Waals surface area contributed by atoms with Crippen molar-refractivity contribution in [2.24, 2.45) is 0 Å². The van der Waals surface area contributed by atoms with E-state index >= 15 is 0 Å². The lowest BCUT2D eigenvalue weighted by molar-refractivity contribution is 0.111. The third kappa shape index (κ3) is 2.86. The molecule has 0 saturated carbocycles. The standard InChI is InChI=1S/C14H20N4OS/c1-3-15-14-16-12(11-6-9-20-13(11)17-14)19-10-4-7-18(2)8-5-10/h6,9-10H,3-5,7-8H2,1-2H3,(H,15,16,17). The number of rotatable bonds is 4. The minimum Gasteiger partial charge on any atom is -0.474 e. The highest BCUT2D eigenvalue weighted by Crippen LogP contribution is 2.30. The molecule has 2 aromatic rings. The molecule has 1 N–H and O–H groups in total. The summed E-state index contributed by atoms with van der Waals surface area (Å²) in [6.07, 6.45) is 2.38. The largest absolute Gasteiger partial charge is 0.474 e. The van der Waals surface area contributed by atoms with Crippen LogP contribution in [0.3, 0.4) is 0 Å². The number of aromatic nitrogens is 2. The molecule has 1 aliphatic rings. The Morgan fingerprint density at radius 2 is 2.20 bits per heavy atom. The van der Waals surface area contributed by atoms with E-state index in [0.717, 1.165) is 48.6 Å². The molecule has 20 heavy (non-hydrogen) atoms. The number of fused-ring (bicyclic) bond motifs is 1. The Bertz CT molecular complexity index is 578. The van der Waals surface area contributed by atoms with Crippen LogP contribution >= 0.6 is 11.3 Å². The van der Waals surface area contributed by atoms with Crippen LogP contribution in [0.15, 0.2) is 11.4 Å². The second-order valence-corrected chi connectivity index (χ2v) is 6.04.